The maximum atomic E-state index is 12.7. The molecule has 0 aromatic carbocycles. The zero-order chi connectivity index (χ0) is 17.9. The SMILES string of the molecule is O=C(Nc1ccc(C(=O)N2CCN(C3CCCC3)CC2)s1)c1ccco1. The Morgan fingerprint density at radius 1 is 1.08 bits per heavy atom. The molecule has 1 aliphatic heterocycles. The van der Waals surface area contributed by atoms with Crippen LogP contribution in [-0.2, 0) is 0 Å². The van der Waals surface area contributed by atoms with Crippen LogP contribution in [0.15, 0.2) is 34.9 Å². The van der Waals surface area contributed by atoms with Crippen LogP contribution in [0.2, 0.25) is 0 Å². The second-order valence-corrected chi connectivity index (χ2v) is 7.95. The van der Waals surface area contributed by atoms with Crippen molar-refractivity contribution in [3.8, 4) is 0 Å². The van der Waals surface area contributed by atoms with Gasteiger partial charge in [-0.05, 0) is 37.1 Å². The van der Waals surface area contributed by atoms with Gasteiger partial charge in [0.25, 0.3) is 11.8 Å². The second-order valence-electron chi connectivity index (χ2n) is 6.86. The van der Waals surface area contributed by atoms with E-state index >= 15 is 0 Å². The minimum absolute atomic E-state index is 0.0552. The van der Waals surface area contributed by atoms with Gasteiger partial charge in [-0.1, -0.05) is 12.8 Å². The Balaban J connectivity index is 1.32. The first-order valence-electron chi connectivity index (χ1n) is 9.19. The van der Waals surface area contributed by atoms with E-state index in [1.807, 2.05) is 4.90 Å². The number of anilines is 1. The lowest BCUT2D eigenvalue weighted by atomic mass is 10.2. The molecular weight excluding hydrogens is 350 g/mol. The molecule has 2 aromatic rings. The highest BCUT2D eigenvalue weighted by Gasteiger charge is 2.28. The Labute approximate surface area is 156 Å². The van der Waals surface area contributed by atoms with Gasteiger partial charge in [-0.2, -0.15) is 0 Å². The van der Waals surface area contributed by atoms with E-state index in [1.54, 1.807) is 24.3 Å². The quantitative estimate of drug-likeness (QED) is 0.893. The van der Waals surface area contributed by atoms with Crippen LogP contribution in [0.5, 0.6) is 0 Å². The number of thiophene rings is 1. The van der Waals surface area contributed by atoms with E-state index < -0.39 is 0 Å². The lowest BCUT2D eigenvalue weighted by molar-refractivity contribution is 0.0578. The largest absolute Gasteiger partial charge is 0.459 e. The maximum absolute atomic E-state index is 12.7. The van der Waals surface area contributed by atoms with Gasteiger partial charge in [0.15, 0.2) is 5.76 Å². The second kappa shape index (κ2) is 7.63. The molecule has 1 saturated heterocycles. The summed E-state index contributed by atoms with van der Waals surface area (Å²) in [5.41, 5.74) is 0. The van der Waals surface area contributed by atoms with E-state index in [0.29, 0.717) is 9.88 Å². The van der Waals surface area contributed by atoms with Crippen molar-refractivity contribution < 1.29 is 14.0 Å². The minimum atomic E-state index is -0.305. The van der Waals surface area contributed by atoms with Gasteiger partial charge in [0.05, 0.1) is 16.1 Å². The van der Waals surface area contributed by atoms with E-state index in [0.717, 1.165) is 32.2 Å². The topological polar surface area (TPSA) is 65.8 Å². The lowest BCUT2D eigenvalue weighted by Crippen LogP contribution is -2.51. The fourth-order valence-electron chi connectivity index (χ4n) is 3.82. The molecule has 7 heteroatoms. The van der Waals surface area contributed by atoms with E-state index in [4.69, 9.17) is 4.42 Å². The molecule has 0 unspecified atom stereocenters. The van der Waals surface area contributed by atoms with Crippen molar-refractivity contribution in [1.29, 1.82) is 0 Å². The summed E-state index contributed by atoms with van der Waals surface area (Å²) in [6, 6.07) is 7.56. The summed E-state index contributed by atoms with van der Waals surface area (Å²) in [5.74, 6) is 0.00917. The van der Waals surface area contributed by atoms with Gasteiger partial charge in [0.2, 0.25) is 0 Å². The van der Waals surface area contributed by atoms with Crippen LogP contribution in [0.4, 0.5) is 5.00 Å². The zero-order valence-electron chi connectivity index (χ0n) is 14.6. The van der Waals surface area contributed by atoms with Crippen molar-refractivity contribution in [3.05, 3.63) is 41.2 Å². The van der Waals surface area contributed by atoms with E-state index in [9.17, 15) is 9.59 Å². The summed E-state index contributed by atoms with van der Waals surface area (Å²) in [6.07, 6.45) is 6.75. The Kier molecular flexibility index (Phi) is 5.08. The molecule has 2 amide bonds. The zero-order valence-corrected chi connectivity index (χ0v) is 15.5. The summed E-state index contributed by atoms with van der Waals surface area (Å²) in [5, 5.41) is 3.43. The molecule has 138 valence electrons. The number of hydrogen-bond acceptors (Lipinski definition) is 5. The summed E-state index contributed by atoms with van der Waals surface area (Å²) >= 11 is 1.31. The van der Waals surface area contributed by atoms with E-state index in [2.05, 4.69) is 10.2 Å². The third-order valence-electron chi connectivity index (χ3n) is 5.24. The third kappa shape index (κ3) is 3.68. The monoisotopic (exact) mass is 373 g/mol. The first-order valence-corrected chi connectivity index (χ1v) is 10.0. The van der Waals surface area contributed by atoms with Crippen molar-refractivity contribution in [1.82, 2.24) is 9.80 Å². The Morgan fingerprint density at radius 2 is 1.85 bits per heavy atom. The van der Waals surface area contributed by atoms with Crippen LogP contribution in [-0.4, -0.2) is 53.8 Å². The molecule has 2 aromatic heterocycles. The highest BCUT2D eigenvalue weighted by molar-refractivity contribution is 7.18. The van der Waals surface area contributed by atoms with Gasteiger partial charge in [0.1, 0.15) is 0 Å². The highest BCUT2D eigenvalue weighted by atomic mass is 32.1. The first-order chi connectivity index (χ1) is 12.7. The number of rotatable bonds is 4. The summed E-state index contributed by atoms with van der Waals surface area (Å²) in [4.78, 5) is 29.9. The van der Waals surface area contributed by atoms with Crippen molar-refractivity contribution in [2.24, 2.45) is 0 Å². The van der Waals surface area contributed by atoms with Crippen LogP contribution in [0.1, 0.15) is 45.9 Å². The van der Waals surface area contributed by atoms with Crippen molar-refractivity contribution in [3.63, 3.8) is 0 Å². The Hall–Kier alpha value is -2.12. The smallest absolute Gasteiger partial charge is 0.291 e. The summed E-state index contributed by atoms with van der Waals surface area (Å²) < 4.78 is 5.08. The molecule has 3 heterocycles. The fraction of sp³-hybridized carbons (Fsp3) is 0.474. The number of amides is 2. The molecule has 0 spiro atoms. The minimum Gasteiger partial charge on any atom is -0.459 e. The molecule has 6 nitrogen and oxygen atoms in total. The molecule has 0 atom stereocenters. The van der Waals surface area contributed by atoms with Crippen LogP contribution in [0, 0.1) is 0 Å². The summed E-state index contributed by atoms with van der Waals surface area (Å²) in [6.45, 7) is 3.48. The van der Waals surface area contributed by atoms with Crippen LogP contribution >= 0.6 is 11.3 Å². The van der Waals surface area contributed by atoms with Gasteiger partial charge >= 0.3 is 0 Å². The van der Waals surface area contributed by atoms with Crippen molar-refractivity contribution in [2.45, 2.75) is 31.7 Å². The van der Waals surface area contributed by atoms with Crippen LogP contribution < -0.4 is 5.32 Å². The van der Waals surface area contributed by atoms with Gasteiger partial charge < -0.3 is 14.6 Å². The molecule has 1 saturated carbocycles. The predicted molar refractivity (Wildman–Crippen MR) is 101 cm³/mol. The number of hydrogen-bond donors (Lipinski definition) is 1. The number of furan rings is 1. The van der Waals surface area contributed by atoms with Gasteiger partial charge in [-0.3, -0.25) is 14.5 Å². The molecule has 0 bridgehead atoms. The highest BCUT2D eigenvalue weighted by Crippen LogP contribution is 2.27. The number of carbonyl (C=O) groups is 2. The average Bonchev–Trinajstić information content (AvgIpc) is 3.43. The Bertz CT molecular complexity index is 757. The molecule has 4 rings (SSSR count). The van der Waals surface area contributed by atoms with Gasteiger partial charge in [0, 0.05) is 32.2 Å². The summed E-state index contributed by atoms with van der Waals surface area (Å²) in [7, 11) is 0. The molecule has 1 N–H and O–H groups in total. The fourth-order valence-corrected chi connectivity index (χ4v) is 4.69. The van der Waals surface area contributed by atoms with Crippen molar-refractivity contribution in [2.75, 3.05) is 31.5 Å². The van der Waals surface area contributed by atoms with Crippen LogP contribution in [0.25, 0.3) is 0 Å². The normalized spacial score (nSPS) is 19.0. The van der Waals surface area contributed by atoms with Crippen molar-refractivity contribution >= 4 is 28.2 Å². The van der Waals surface area contributed by atoms with Gasteiger partial charge in [-0.25, -0.2) is 0 Å². The molecular formula is C19H23N3O3S. The van der Waals surface area contributed by atoms with E-state index in [-0.39, 0.29) is 17.6 Å². The lowest BCUT2D eigenvalue weighted by Gasteiger charge is -2.37. The maximum Gasteiger partial charge on any atom is 0.291 e. The van der Waals surface area contributed by atoms with Gasteiger partial charge in [-0.15, -0.1) is 11.3 Å². The molecule has 1 aliphatic carbocycles. The molecule has 2 fully saturated rings. The van der Waals surface area contributed by atoms with Crippen LogP contribution in [0.3, 0.4) is 0 Å². The molecule has 26 heavy (non-hydrogen) atoms. The third-order valence-corrected chi connectivity index (χ3v) is 6.23. The molecule has 0 radical (unpaired) electrons. The number of piperazine rings is 1. The Morgan fingerprint density at radius 3 is 2.54 bits per heavy atom. The average molecular weight is 373 g/mol. The number of nitrogens with one attached hydrogen (secondary N) is 1. The first kappa shape index (κ1) is 17.3. The number of carbonyl (C=O) groups excluding carboxylic acids is 2. The molecule has 2 aliphatic rings. The predicted octanol–water partition coefficient (Wildman–Crippen LogP) is 3.29. The number of nitrogens with zero attached hydrogens (tertiary/aromatic N) is 2. The standard InChI is InChI=1S/C19H23N3O3S/c23-18(15-6-3-13-25-15)20-17-8-7-16(26-17)19(24)22-11-9-21(10-12-22)14-4-1-2-5-14/h3,6-8,13-14H,1-2,4-5,9-12H2,(H,20,23). The van der Waals surface area contributed by atoms with E-state index in [1.165, 1.54) is 43.3 Å².